The maximum Gasteiger partial charge on any atom is 0.261 e. The van der Waals surface area contributed by atoms with E-state index < -0.39 is 35.4 Å². The van der Waals surface area contributed by atoms with Gasteiger partial charge in [-0.05, 0) is 58.2 Å². The molecule has 2 aliphatic heterocycles. The molecule has 12 heteroatoms. The molecule has 198 valence electrons. The van der Waals surface area contributed by atoms with Gasteiger partial charge in [-0.15, -0.1) is 0 Å². The highest BCUT2D eigenvalue weighted by Crippen LogP contribution is 2.42. The molecule has 6 rings (SSSR count). The lowest BCUT2D eigenvalue weighted by Crippen LogP contribution is -2.46. The van der Waals surface area contributed by atoms with Crippen molar-refractivity contribution in [3.05, 3.63) is 92.4 Å². The van der Waals surface area contributed by atoms with Crippen LogP contribution >= 0.6 is 27.3 Å². The van der Waals surface area contributed by atoms with Crippen molar-refractivity contribution in [2.45, 2.75) is 19.0 Å². The summed E-state index contributed by atoms with van der Waals surface area (Å²) in [6.45, 7) is 0.783. The average Bonchev–Trinajstić information content (AvgIpc) is 3.53. The van der Waals surface area contributed by atoms with Crippen molar-refractivity contribution >= 4 is 45.0 Å². The van der Waals surface area contributed by atoms with E-state index in [1.54, 1.807) is 41.2 Å². The zero-order valence-electron chi connectivity index (χ0n) is 20.1. The standard InChI is InChI=1S/C27H19BrF2N4O4S/c28-19-12-31-34-7-8-38-27-18(23(19)34)11-22(39-27)24(35)32-15(9-14-5-6-20(29)21(30)10-14)13-33-25(36)16-3-1-2-4-17(16)26(33)37/h1-6,10-12,15H,7-9,13H2,(H,32,35)/t15-/m0/s1. The summed E-state index contributed by atoms with van der Waals surface area (Å²) in [7, 11) is 0. The zero-order valence-corrected chi connectivity index (χ0v) is 22.5. The van der Waals surface area contributed by atoms with Crippen LogP contribution in [0.3, 0.4) is 0 Å². The Hall–Kier alpha value is -3.90. The number of fused-ring (bicyclic) bond motifs is 4. The molecular formula is C27H19BrF2N4O4S. The second-order valence-electron chi connectivity index (χ2n) is 9.11. The highest BCUT2D eigenvalue weighted by atomic mass is 79.9. The van der Waals surface area contributed by atoms with Gasteiger partial charge in [0.1, 0.15) is 6.61 Å². The van der Waals surface area contributed by atoms with Crippen molar-refractivity contribution in [2.24, 2.45) is 0 Å². The van der Waals surface area contributed by atoms with Crippen LogP contribution in [0.25, 0.3) is 11.3 Å². The number of benzene rings is 2. The lowest BCUT2D eigenvalue weighted by atomic mass is 10.0. The molecule has 4 heterocycles. The van der Waals surface area contributed by atoms with E-state index in [1.165, 1.54) is 17.4 Å². The zero-order chi connectivity index (χ0) is 27.3. The summed E-state index contributed by atoms with van der Waals surface area (Å²) in [4.78, 5) is 40.8. The molecule has 2 aromatic heterocycles. The summed E-state index contributed by atoms with van der Waals surface area (Å²) in [6.07, 6.45) is 1.73. The minimum atomic E-state index is -1.03. The van der Waals surface area contributed by atoms with E-state index in [1.807, 2.05) is 0 Å². The number of thiophene rings is 1. The van der Waals surface area contributed by atoms with Crippen LogP contribution in [0.2, 0.25) is 0 Å². The van der Waals surface area contributed by atoms with Crippen molar-refractivity contribution in [2.75, 3.05) is 13.2 Å². The molecule has 1 N–H and O–H groups in total. The smallest absolute Gasteiger partial charge is 0.261 e. The lowest BCUT2D eigenvalue weighted by Gasteiger charge is -2.24. The van der Waals surface area contributed by atoms with Crippen molar-refractivity contribution in [3.63, 3.8) is 0 Å². The summed E-state index contributed by atoms with van der Waals surface area (Å²) in [6, 6.07) is 10.8. The van der Waals surface area contributed by atoms with E-state index >= 15 is 0 Å². The number of carbonyl (C=O) groups excluding carboxylic acids is 3. The molecule has 4 aromatic rings. The van der Waals surface area contributed by atoms with Gasteiger partial charge in [0.05, 0.1) is 50.5 Å². The van der Waals surface area contributed by atoms with Gasteiger partial charge in [-0.25, -0.2) is 8.78 Å². The fourth-order valence-corrected chi connectivity index (χ4v) is 6.22. The van der Waals surface area contributed by atoms with Crippen molar-refractivity contribution in [1.82, 2.24) is 20.0 Å². The number of aromatic nitrogens is 2. The van der Waals surface area contributed by atoms with Gasteiger partial charge in [0.15, 0.2) is 16.7 Å². The van der Waals surface area contributed by atoms with Crippen LogP contribution in [0.15, 0.2) is 59.2 Å². The second kappa shape index (κ2) is 10.0. The Labute approximate surface area is 233 Å². The van der Waals surface area contributed by atoms with Crippen molar-refractivity contribution < 1.29 is 27.9 Å². The number of nitrogens with one attached hydrogen (secondary N) is 1. The van der Waals surface area contributed by atoms with Gasteiger partial charge in [0, 0.05) is 6.54 Å². The van der Waals surface area contributed by atoms with Crippen LogP contribution in [0.5, 0.6) is 5.06 Å². The number of imide groups is 1. The molecule has 0 saturated heterocycles. The predicted octanol–water partition coefficient (Wildman–Crippen LogP) is 4.68. The number of carbonyl (C=O) groups is 3. The highest BCUT2D eigenvalue weighted by Gasteiger charge is 2.37. The van der Waals surface area contributed by atoms with E-state index in [2.05, 4.69) is 26.3 Å². The third kappa shape index (κ3) is 4.63. The van der Waals surface area contributed by atoms with Gasteiger partial charge < -0.3 is 10.1 Å². The fraction of sp³-hybridized carbons (Fsp3) is 0.185. The minimum Gasteiger partial charge on any atom is -0.481 e. The molecular weight excluding hydrogens is 594 g/mol. The topological polar surface area (TPSA) is 93.5 Å². The number of halogens is 3. The van der Waals surface area contributed by atoms with Crippen LogP contribution in [0, 0.1) is 11.6 Å². The number of amides is 3. The first-order valence-electron chi connectivity index (χ1n) is 12.0. The molecule has 0 aliphatic carbocycles. The average molecular weight is 613 g/mol. The Bertz CT molecular complexity index is 1620. The molecule has 39 heavy (non-hydrogen) atoms. The van der Waals surface area contributed by atoms with E-state index in [0.29, 0.717) is 34.2 Å². The van der Waals surface area contributed by atoms with E-state index in [4.69, 9.17) is 4.74 Å². The van der Waals surface area contributed by atoms with Crippen LogP contribution in [0.1, 0.15) is 36.0 Å². The van der Waals surface area contributed by atoms with Gasteiger partial charge >= 0.3 is 0 Å². The number of hydrogen-bond donors (Lipinski definition) is 1. The molecule has 0 fully saturated rings. The Kier molecular flexibility index (Phi) is 6.51. The summed E-state index contributed by atoms with van der Waals surface area (Å²) in [5, 5.41) is 7.79. The Morgan fingerprint density at radius 2 is 1.82 bits per heavy atom. The van der Waals surface area contributed by atoms with Crippen LogP contribution < -0.4 is 10.1 Å². The molecule has 2 aromatic carbocycles. The Balaban J connectivity index is 1.29. The summed E-state index contributed by atoms with van der Waals surface area (Å²) in [5.74, 6) is -3.43. The van der Waals surface area contributed by atoms with E-state index in [0.717, 1.165) is 27.2 Å². The molecule has 0 saturated carbocycles. The monoisotopic (exact) mass is 612 g/mol. The quantitative estimate of drug-likeness (QED) is 0.319. The van der Waals surface area contributed by atoms with Gasteiger partial charge in [-0.3, -0.25) is 24.0 Å². The number of hydrogen-bond acceptors (Lipinski definition) is 6. The van der Waals surface area contributed by atoms with E-state index in [9.17, 15) is 23.2 Å². The van der Waals surface area contributed by atoms with Crippen LogP contribution in [-0.2, 0) is 13.0 Å². The third-order valence-corrected chi connectivity index (χ3v) is 8.22. The highest BCUT2D eigenvalue weighted by molar-refractivity contribution is 9.10. The Morgan fingerprint density at radius 1 is 1.08 bits per heavy atom. The first-order valence-corrected chi connectivity index (χ1v) is 13.6. The SMILES string of the molecule is O=C(N[C@@H](Cc1ccc(F)c(F)c1)CN1C(=O)c2ccccc2C1=O)c1cc2c(s1)OCCn1ncc(Br)c1-2. The second-order valence-corrected chi connectivity index (χ2v) is 11.0. The lowest BCUT2D eigenvalue weighted by molar-refractivity contribution is 0.0629. The first kappa shape index (κ1) is 25.4. The number of rotatable bonds is 6. The normalized spacial score (nSPS) is 14.8. The summed E-state index contributed by atoms with van der Waals surface area (Å²) in [5.41, 5.74) is 2.46. The summed E-state index contributed by atoms with van der Waals surface area (Å²) < 4.78 is 35.9. The molecule has 0 radical (unpaired) electrons. The summed E-state index contributed by atoms with van der Waals surface area (Å²) >= 11 is 4.67. The van der Waals surface area contributed by atoms with Gasteiger partial charge in [-0.1, -0.05) is 29.5 Å². The molecule has 2 aliphatic rings. The van der Waals surface area contributed by atoms with Crippen molar-refractivity contribution in [3.8, 4) is 16.3 Å². The maximum atomic E-state index is 14.0. The molecule has 3 amide bonds. The van der Waals surface area contributed by atoms with Gasteiger partial charge in [0.25, 0.3) is 17.7 Å². The van der Waals surface area contributed by atoms with Crippen LogP contribution in [-0.4, -0.2) is 51.6 Å². The van der Waals surface area contributed by atoms with Crippen molar-refractivity contribution in [1.29, 1.82) is 0 Å². The molecule has 0 spiro atoms. The molecule has 0 unspecified atom stereocenters. The molecule has 8 nitrogen and oxygen atoms in total. The first-order chi connectivity index (χ1) is 18.8. The van der Waals surface area contributed by atoms with E-state index in [-0.39, 0.29) is 24.1 Å². The van der Waals surface area contributed by atoms with Crippen LogP contribution in [0.4, 0.5) is 8.78 Å². The van der Waals surface area contributed by atoms with Gasteiger partial charge in [0.2, 0.25) is 0 Å². The Morgan fingerprint density at radius 3 is 2.54 bits per heavy atom. The van der Waals surface area contributed by atoms with Gasteiger partial charge in [-0.2, -0.15) is 5.10 Å². The predicted molar refractivity (Wildman–Crippen MR) is 142 cm³/mol. The molecule has 0 bridgehead atoms. The fourth-order valence-electron chi connectivity index (χ4n) is 4.78. The third-order valence-electron chi connectivity index (χ3n) is 6.59. The number of ether oxygens (including phenoxy) is 1. The largest absolute Gasteiger partial charge is 0.481 e. The molecule has 1 atom stereocenters. The minimum absolute atomic E-state index is 0.0518. The maximum absolute atomic E-state index is 14.0. The number of nitrogens with zero attached hydrogens (tertiary/aromatic N) is 3.